The molecule has 1 aromatic rings. The highest BCUT2D eigenvalue weighted by molar-refractivity contribution is 5.22. The molecule has 1 aliphatic rings. The van der Waals surface area contributed by atoms with Crippen molar-refractivity contribution >= 4 is 0 Å². The zero-order chi connectivity index (χ0) is 14.5. The summed E-state index contributed by atoms with van der Waals surface area (Å²) in [7, 11) is 0. The summed E-state index contributed by atoms with van der Waals surface area (Å²) in [5.74, 6) is -1.07. The molecule has 4 heteroatoms. The summed E-state index contributed by atoms with van der Waals surface area (Å²) in [5, 5.41) is 13.8. The highest BCUT2D eigenvalue weighted by Gasteiger charge is 2.25. The average molecular weight is 283 g/mol. The lowest BCUT2D eigenvalue weighted by Gasteiger charge is -2.31. The summed E-state index contributed by atoms with van der Waals surface area (Å²) in [5.41, 5.74) is 0.0418. The third-order valence-corrected chi connectivity index (χ3v) is 4.15. The molecule has 2 N–H and O–H groups in total. The number of rotatable bonds is 5. The molecule has 1 aliphatic carbocycles. The van der Waals surface area contributed by atoms with Gasteiger partial charge in [0, 0.05) is 17.6 Å². The molecule has 0 aliphatic heterocycles. The molecule has 0 amide bonds. The molecular formula is C16H23F2NO. The fourth-order valence-electron chi connectivity index (χ4n) is 2.96. The Balaban J connectivity index is 2.07. The number of halogens is 2. The summed E-state index contributed by atoms with van der Waals surface area (Å²) in [6, 6.07) is 3.36. The molecule has 2 atom stereocenters. The molecule has 1 fully saturated rings. The molecular weight excluding hydrogens is 260 g/mol. The van der Waals surface area contributed by atoms with Crippen LogP contribution in [0.25, 0.3) is 0 Å². The number of hydrogen-bond acceptors (Lipinski definition) is 2. The Bertz CT molecular complexity index is 432. The van der Waals surface area contributed by atoms with E-state index in [9.17, 15) is 13.9 Å². The molecule has 0 aromatic heterocycles. The van der Waals surface area contributed by atoms with Gasteiger partial charge in [0.15, 0.2) is 0 Å². The van der Waals surface area contributed by atoms with Crippen LogP contribution in [0, 0.1) is 11.6 Å². The van der Waals surface area contributed by atoms with Crippen molar-refractivity contribution in [3.8, 4) is 0 Å². The number of nitrogens with one attached hydrogen (secondary N) is 1. The smallest absolute Gasteiger partial charge is 0.129 e. The third kappa shape index (κ3) is 3.76. The van der Waals surface area contributed by atoms with Crippen LogP contribution in [-0.4, -0.2) is 17.2 Å². The zero-order valence-electron chi connectivity index (χ0n) is 11.9. The Kier molecular flexibility index (Phi) is 5.49. The first-order valence-electron chi connectivity index (χ1n) is 7.51. The summed E-state index contributed by atoms with van der Waals surface area (Å²) in [4.78, 5) is 0. The number of aliphatic hydroxyl groups is 1. The van der Waals surface area contributed by atoms with Gasteiger partial charge in [-0.25, -0.2) is 8.78 Å². The van der Waals surface area contributed by atoms with Crippen molar-refractivity contribution in [1.29, 1.82) is 0 Å². The lowest BCUT2D eigenvalue weighted by atomic mass is 9.92. The van der Waals surface area contributed by atoms with Crippen LogP contribution >= 0.6 is 0 Å². The number of aliphatic hydroxyl groups excluding tert-OH is 1. The molecule has 1 aromatic carbocycles. The lowest BCUT2D eigenvalue weighted by Crippen LogP contribution is -2.42. The maximum absolute atomic E-state index is 13.7. The Morgan fingerprint density at radius 2 is 1.95 bits per heavy atom. The maximum Gasteiger partial charge on any atom is 0.129 e. The van der Waals surface area contributed by atoms with Crippen molar-refractivity contribution in [2.75, 3.05) is 0 Å². The van der Waals surface area contributed by atoms with Crippen LogP contribution in [0.4, 0.5) is 8.78 Å². The van der Waals surface area contributed by atoms with Gasteiger partial charge >= 0.3 is 0 Å². The van der Waals surface area contributed by atoms with Crippen molar-refractivity contribution < 1.29 is 13.9 Å². The van der Waals surface area contributed by atoms with E-state index in [0.29, 0.717) is 12.5 Å². The minimum atomic E-state index is -1.02. The molecule has 112 valence electrons. The van der Waals surface area contributed by atoms with E-state index < -0.39 is 17.7 Å². The van der Waals surface area contributed by atoms with Crippen LogP contribution in [-0.2, 0) is 0 Å². The van der Waals surface area contributed by atoms with Crippen LogP contribution in [0.2, 0.25) is 0 Å². The lowest BCUT2D eigenvalue weighted by molar-refractivity contribution is 0.110. The second-order valence-electron chi connectivity index (χ2n) is 5.63. The Morgan fingerprint density at radius 3 is 2.60 bits per heavy atom. The molecule has 0 spiro atoms. The van der Waals surface area contributed by atoms with E-state index in [1.54, 1.807) is 0 Å². The first kappa shape index (κ1) is 15.4. The summed E-state index contributed by atoms with van der Waals surface area (Å²) >= 11 is 0. The van der Waals surface area contributed by atoms with Gasteiger partial charge < -0.3 is 10.4 Å². The topological polar surface area (TPSA) is 32.3 Å². The van der Waals surface area contributed by atoms with E-state index in [-0.39, 0.29) is 11.6 Å². The molecule has 0 saturated heterocycles. The normalized spacial score (nSPS) is 19.8. The standard InChI is InChI=1S/C16H23F2NO/c1-2-15(19-12-6-4-3-5-7-12)16(20)13-10-11(17)8-9-14(13)18/h8-10,12,15-16,19-20H,2-7H2,1H3. The van der Waals surface area contributed by atoms with E-state index in [1.807, 2.05) is 6.92 Å². The van der Waals surface area contributed by atoms with Gasteiger partial charge in [-0.1, -0.05) is 26.2 Å². The fourth-order valence-corrected chi connectivity index (χ4v) is 2.96. The van der Waals surface area contributed by atoms with E-state index in [4.69, 9.17) is 0 Å². The second-order valence-corrected chi connectivity index (χ2v) is 5.63. The van der Waals surface area contributed by atoms with Crippen molar-refractivity contribution in [3.05, 3.63) is 35.4 Å². The predicted molar refractivity (Wildman–Crippen MR) is 75.4 cm³/mol. The zero-order valence-corrected chi connectivity index (χ0v) is 11.9. The molecule has 1 saturated carbocycles. The molecule has 2 rings (SSSR count). The van der Waals surface area contributed by atoms with Crippen molar-refractivity contribution in [2.45, 2.75) is 63.6 Å². The van der Waals surface area contributed by atoms with E-state index in [0.717, 1.165) is 31.0 Å². The van der Waals surface area contributed by atoms with Gasteiger partial charge in [0.05, 0.1) is 6.10 Å². The van der Waals surface area contributed by atoms with Crippen molar-refractivity contribution in [2.24, 2.45) is 0 Å². The highest BCUT2D eigenvalue weighted by atomic mass is 19.1. The fraction of sp³-hybridized carbons (Fsp3) is 0.625. The van der Waals surface area contributed by atoms with Gasteiger partial charge in [-0.05, 0) is 37.5 Å². The number of benzene rings is 1. The second kappa shape index (κ2) is 7.14. The molecule has 0 heterocycles. The minimum Gasteiger partial charge on any atom is -0.387 e. The minimum absolute atomic E-state index is 0.0418. The van der Waals surface area contributed by atoms with Gasteiger partial charge in [0.1, 0.15) is 11.6 Å². The van der Waals surface area contributed by atoms with Crippen LogP contribution < -0.4 is 5.32 Å². The van der Waals surface area contributed by atoms with Gasteiger partial charge in [0.25, 0.3) is 0 Å². The molecule has 20 heavy (non-hydrogen) atoms. The first-order valence-corrected chi connectivity index (χ1v) is 7.51. The average Bonchev–Trinajstić information content (AvgIpc) is 2.47. The SMILES string of the molecule is CCC(NC1CCCCC1)C(O)c1cc(F)ccc1F. The van der Waals surface area contributed by atoms with Crippen LogP contribution in [0.1, 0.15) is 57.1 Å². The van der Waals surface area contributed by atoms with Gasteiger partial charge in [-0.2, -0.15) is 0 Å². The van der Waals surface area contributed by atoms with E-state index in [1.165, 1.54) is 19.3 Å². The quantitative estimate of drug-likeness (QED) is 0.863. The molecule has 0 bridgehead atoms. The van der Waals surface area contributed by atoms with E-state index in [2.05, 4.69) is 5.32 Å². The van der Waals surface area contributed by atoms with Crippen LogP contribution in [0.5, 0.6) is 0 Å². The van der Waals surface area contributed by atoms with Gasteiger partial charge in [0.2, 0.25) is 0 Å². The Labute approximate surface area is 119 Å². The monoisotopic (exact) mass is 283 g/mol. The number of hydrogen-bond donors (Lipinski definition) is 2. The molecule has 2 nitrogen and oxygen atoms in total. The first-order chi connectivity index (χ1) is 9.61. The van der Waals surface area contributed by atoms with Crippen molar-refractivity contribution in [3.63, 3.8) is 0 Å². The van der Waals surface area contributed by atoms with E-state index >= 15 is 0 Å². The van der Waals surface area contributed by atoms with Crippen molar-refractivity contribution in [1.82, 2.24) is 5.32 Å². The van der Waals surface area contributed by atoms with Crippen LogP contribution in [0.15, 0.2) is 18.2 Å². The Morgan fingerprint density at radius 1 is 1.25 bits per heavy atom. The summed E-state index contributed by atoms with van der Waals surface area (Å²) in [6.45, 7) is 1.95. The maximum atomic E-state index is 13.7. The largest absolute Gasteiger partial charge is 0.387 e. The van der Waals surface area contributed by atoms with Gasteiger partial charge in [-0.3, -0.25) is 0 Å². The predicted octanol–water partition coefficient (Wildman–Crippen LogP) is 3.70. The highest BCUT2D eigenvalue weighted by Crippen LogP contribution is 2.25. The Hall–Kier alpha value is -1.00. The molecule has 2 unspecified atom stereocenters. The summed E-state index contributed by atoms with van der Waals surface area (Å²) < 4.78 is 27.0. The van der Waals surface area contributed by atoms with Crippen LogP contribution in [0.3, 0.4) is 0 Å². The van der Waals surface area contributed by atoms with Gasteiger partial charge in [-0.15, -0.1) is 0 Å². The summed E-state index contributed by atoms with van der Waals surface area (Å²) in [6.07, 6.45) is 5.49. The molecule has 0 radical (unpaired) electrons. The third-order valence-electron chi connectivity index (χ3n) is 4.15.